The zero-order chi connectivity index (χ0) is 11.8. The van der Waals surface area contributed by atoms with E-state index in [1.54, 1.807) is 12.5 Å². The molecule has 2 aromatic rings. The standard InChI is InChI=1S/C13H18N2O/c1-9(13(2,3)4)15-12-10-6-8-16-11(10)5-7-14-12/h5-9H,1-4H3,(H,14,15). The summed E-state index contributed by atoms with van der Waals surface area (Å²) < 4.78 is 5.35. The molecule has 2 rings (SSSR count). The molecule has 1 unspecified atom stereocenters. The minimum absolute atomic E-state index is 0.202. The molecule has 0 aromatic carbocycles. The number of hydrogen-bond acceptors (Lipinski definition) is 3. The Morgan fingerprint density at radius 1 is 1.31 bits per heavy atom. The van der Waals surface area contributed by atoms with E-state index in [4.69, 9.17) is 4.42 Å². The lowest BCUT2D eigenvalue weighted by Crippen LogP contribution is -2.31. The highest BCUT2D eigenvalue weighted by molar-refractivity contribution is 5.87. The zero-order valence-electron chi connectivity index (χ0n) is 10.2. The Morgan fingerprint density at radius 3 is 2.75 bits per heavy atom. The lowest BCUT2D eigenvalue weighted by atomic mass is 9.88. The van der Waals surface area contributed by atoms with Crippen LogP contribution in [0.4, 0.5) is 5.82 Å². The van der Waals surface area contributed by atoms with Gasteiger partial charge in [-0.3, -0.25) is 0 Å². The highest BCUT2D eigenvalue weighted by atomic mass is 16.3. The number of anilines is 1. The van der Waals surface area contributed by atoms with Gasteiger partial charge in [0, 0.05) is 12.2 Å². The van der Waals surface area contributed by atoms with Crippen LogP contribution in [-0.4, -0.2) is 11.0 Å². The molecule has 3 nitrogen and oxygen atoms in total. The Hall–Kier alpha value is -1.51. The van der Waals surface area contributed by atoms with Crippen LogP contribution < -0.4 is 5.32 Å². The molecule has 0 amide bonds. The number of pyridine rings is 1. The van der Waals surface area contributed by atoms with E-state index >= 15 is 0 Å². The van der Waals surface area contributed by atoms with Crippen LogP contribution >= 0.6 is 0 Å². The van der Waals surface area contributed by atoms with E-state index in [0.29, 0.717) is 6.04 Å². The lowest BCUT2D eigenvalue weighted by Gasteiger charge is -2.28. The fourth-order valence-electron chi connectivity index (χ4n) is 1.43. The maximum atomic E-state index is 5.35. The van der Waals surface area contributed by atoms with Gasteiger partial charge in [0.2, 0.25) is 0 Å². The summed E-state index contributed by atoms with van der Waals surface area (Å²) >= 11 is 0. The molecular weight excluding hydrogens is 200 g/mol. The first-order valence-corrected chi connectivity index (χ1v) is 5.57. The van der Waals surface area contributed by atoms with Crippen molar-refractivity contribution in [3.05, 3.63) is 24.6 Å². The average molecular weight is 218 g/mol. The molecule has 0 bridgehead atoms. The molecule has 0 aliphatic rings. The fourth-order valence-corrected chi connectivity index (χ4v) is 1.43. The van der Waals surface area contributed by atoms with Crippen molar-refractivity contribution in [3.8, 4) is 0 Å². The van der Waals surface area contributed by atoms with E-state index in [0.717, 1.165) is 16.8 Å². The predicted molar refractivity (Wildman–Crippen MR) is 66.5 cm³/mol. The van der Waals surface area contributed by atoms with E-state index in [-0.39, 0.29) is 5.41 Å². The van der Waals surface area contributed by atoms with E-state index in [2.05, 4.69) is 38.0 Å². The second kappa shape index (κ2) is 3.81. The van der Waals surface area contributed by atoms with Gasteiger partial charge in [0.25, 0.3) is 0 Å². The van der Waals surface area contributed by atoms with E-state index in [1.165, 1.54) is 0 Å². The summed E-state index contributed by atoms with van der Waals surface area (Å²) in [6, 6.07) is 4.17. The maximum Gasteiger partial charge on any atom is 0.139 e. The molecule has 0 saturated heterocycles. The van der Waals surface area contributed by atoms with Crippen LogP contribution in [0.25, 0.3) is 11.0 Å². The van der Waals surface area contributed by atoms with Crippen molar-refractivity contribution in [2.75, 3.05) is 5.32 Å². The van der Waals surface area contributed by atoms with E-state index in [9.17, 15) is 0 Å². The summed E-state index contributed by atoms with van der Waals surface area (Å²) in [7, 11) is 0. The molecular formula is C13H18N2O. The first-order chi connectivity index (χ1) is 7.48. The second-order valence-corrected chi connectivity index (χ2v) is 5.22. The molecule has 3 heteroatoms. The van der Waals surface area contributed by atoms with Crippen molar-refractivity contribution >= 4 is 16.8 Å². The highest BCUT2D eigenvalue weighted by Gasteiger charge is 2.20. The normalized spacial score (nSPS) is 14.0. The summed E-state index contributed by atoms with van der Waals surface area (Å²) in [6.45, 7) is 8.79. The van der Waals surface area contributed by atoms with Gasteiger partial charge in [0.05, 0.1) is 11.6 Å². The van der Waals surface area contributed by atoms with Gasteiger partial charge in [-0.2, -0.15) is 0 Å². The summed E-state index contributed by atoms with van der Waals surface area (Å²) in [5, 5.41) is 4.48. The van der Waals surface area contributed by atoms with Gasteiger partial charge in [-0.25, -0.2) is 4.98 Å². The van der Waals surface area contributed by atoms with Crippen LogP contribution in [0.2, 0.25) is 0 Å². The fraction of sp³-hybridized carbons (Fsp3) is 0.462. The molecule has 0 saturated carbocycles. The topological polar surface area (TPSA) is 38.1 Å². The summed E-state index contributed by atoms with van der Waals surface area (Å²) in [5.41, 5.74) is 1.08. The molecule has 2 heterocycles. The number of nitrogens with one attached hydrogen (secondary N) is 1. The van der Waals surface area contributed by atoms with E-state index in [1.807, 2.05) is 12.1 Å². The predicted octanol–water partition coefficient (Wildman–Crippen LogP) is 3.67. The molecule has 1 atom stereocenters. The third-order valence-corrected chi connectivity index (χ3v) is 3.03. The van der Waals surface area contributed by atoms with Crippen molar-refractivity contribution in [2.45, 2.75) is 33.7 Å². The molecule has 86 valence electrons. The molecule has 0 spiro atoms. The van der Waals surface area contributed by atoms with Crippen molar-refractivity contribution < 1.29 is 4.42 Å². The highest BCUT2D eigenvalue weighted by Crippen LogP contribution is 2.26. The Labute approximate surface area is 95.9 Å². The summed E-state index contributed by atoms with van der Waals surface area (Å²) in [6.07, 6.45) is 3.46. The minimum Gasteiger partial charge on any atom is -0.464 e. The van der Waals surface area contributed by atoms with Gasteiger partial charge in [-0.15, -0.1) is 0 Å². The van der Waals surface area contributed by atoms with Crippen molar-refractivity contribution in [1.29, 1.82) is 0 Å². The monoisotopic (exact) mass is 218 g/mol. The number of furan rings is 1. The van der Waals surface area contributed by atoms with E-state index < -0.39 is 0 Å². The number of aromatic nitrogens is 1. The Bertz CT molecular complexity index is 482. The molecule has 1 N–H and O–H groups in total. The smallest absolute Gasteiger partial charge is 0.139 e. The third kappa shape index (κ3) is 2.03. The third-order valence-electron chi connectivity index (χ3n) is 3.03. The number of rotatable bonds is 2. The quantitative estimate of drug-likeness (QED) is 0.835. The van der Waals surface area contributed by atoms with Gasteiger partial charge in [-0.1, -0.05) is 20.8 Å². The first kappa shape index (κ1) is 11.0. The van der Waals surface area contributed by atoms with Gasteiger partial charge in [-0.05, 0) is 24.5 Å². The van der Waals surface area contributed by atoms with Crippen molar-refractivity contribution in [1.82, 2.24) is 4.98 Å². The molecule has 0 aliphatic heterocycles. The molecule has 16 heavy (non-hydrogen) atoms. The number of hydrogen-bond donors (Lipinski definition) is 1. The van der Waals surface area contributed by atoms with Crippen LogP contribution in [0.3, 0.4) is 0 Å². The molecule has 0 radical (unpaired) electrons. The Kier molecular flexibility index (Phi) is 2.62. The number of nitrogens with zero attached hydrogens (tertiary/aromatic N) is 1. The molecule has 0 fully saturated rings. The van der Waals surface area contributed by atoms with Crippen LogP contribution in [0, 0.1) is 5.41 Å². The average Bonchev–Trinajstić information content (AvgIpc) is 2.65. The van der Waals surface area contributed by atoms with Crippen LogP contribution in [-0.2, 0) is 0 Å². The second-order valence-electron chi connectivity index (χ2n) is 5.22. The minimum atomic E-state index is 0.202. The van der Waals surface area contributed by atoms with Crippen LogP contribution in [0.5, 0.6) is 0 Å². The Balaban J connectivity index is 2.31. The molecule has 0 aliphatic carbocycles. The van der Waals surface area contributed by atoms with Gasteiger partial charge >= 0.3 is 0 Å². The maximum absolute atomic E-state index is 5.35. The van der Waals surface area contributed by atoms with Gasteiger partial charge < -0.3 is 9.73 Å². The SMILES string of the molecule is CC(Nc1nccc2occc12)C(C)(C)C. The van der Waals surface area contributed by atoms with Crippen LogP contribution in [0.1, 0.15) is 27.7 Å². The first-order valence-electron chi connectivity index (χ1n) is 5.57. The Morgan fingerprint density at radius 2 is 2.06 bits per heavy atom. The van der Waals surface area contributed by atoms with Crippen molar-refractivity contribution in [2.24, 2.45) is 5.41 Å². The van der Waals surface area contributed by atoms with Gasteiger partial charge in [0.15, 0.2) is 0 Å². The van der Waals surface area contributed by atoms with Crippen molar-refractivity contribution in [3.63, 3.8) is 0 Å². The molecule has 2 aromatic heterocycles. The number of fused-ring (bicyclic) bond motifs is 1. The van der Waals surface area contributed by atoms with Gasteiger partial charge in [0.1, 0.15) is 11.4 Å². The van der Waals surface area contributed by atoms with Crippen LogP contribution in [0.15, 0.2) is 29.0 Å². The summed E-state index contributed by atoms with van der Waals surface area (Å²) in [5.74, 6) is 0.897. The zero-order valence-corrected chi connectivity index (χ0v) is 10.2. The largest absolute Gasteiger partial charge is 0.464 e. The lowest BCUT2D eigenvalue weighted by molar-refractivity contribution is 0.359. The summed E-state index contributed by atoms with van der Waals surface area (Å²) in [4.78, 5) is 4.36.